The van der Waals surface area contributed by atoms with Crippen molar-refractivity contribution in [3.63, 3.8) is 0 Å². The first kappa shape index (κ1) is 10.8. The Morgan fingerprint density at radius 2 is 2.07 bits per heavy atom. The van der Waals surface area contributed by atoms with Gasteiger partial charge < -0.3 is 10.5 Å². The number of hydrogen-bond acceptors (Lipinski definition) is 4. The van der Waals surface area contributed by atoms with Crippen molar-refractivity contribution >= 4 is 5.82 Å². The van der Waals surface area contributed by atoms with Crippen LogP contribution in [0.4, 0.5) is 5.82 Å². The van der Waals surface area contributed by atoms with Gasteiger partial charge in [0.15, 0.2) is 0 Å². The van der Waals surface area contributed by atoms with Gasteiger partial charge in [-0.05, 0) is 19.3 Å². The van der Waals surface area contributed by atoms with Gasteiger partial charge in [0.1, 0.15) is 5.82 Å². The second-order valence-corrected chi connectivity index (χ2v) is 3.84. The number of nitrogen functional groups attached to an aromatic ring is 1. The molecule has 1 rings (SSSR count). The van der Waals surface area contributed by atoms with Crippen molar-refractivity contribution in [1.29, 1.82) is 0 Å². The van der Waals surface area contributed by atoms with Gasteiger partial charge in [0.05, 0.1) is 18.5 Å². The molecule has 2 N–H and O–H groups in total. The number of nitrogens with two attached hydrogens (primary N) is 1. The molecule has 0 amide bonds. The van der Waals surface area contributed by atoms with E-state index in [9.17, 15) is 0 Å². The van der Waals surface area contributed by atoms with Crippen LogP contribution in [0.3, 0.4) is 0 Å². The van der Waals surface area contributed by atoms with Crippen LogP contribution in [-0.2, 0) is 0 Å². The summed E-state index contributed by atoms with van der Waals surface area (Å²) in [5.41, 5.74) is 5.48. The molecule has 14 heavy (non-hydrogen) atoms. The Hall–Kier alpha value is -1.32. The lowest BCUT2D eigenvalue weighted by atomic mass is 10.1. The maximum atomic E-state index is 5.55. The molecule has 0 aliphatic rings. The Balaban J connectivity index is 2.51. The standard InChI is InChI=1S/C10H17N3O/c1-7(2)4-8(3)14-10-6-12-5-9(11)13-10/h5-8H,4H2,1-3H3,(H2,11,13). The SMILES string of the molecule is CC(C)CC(C)Oc1cncc(N)n1. The maximum absolute atomic E-state index is 5.55. The van der Waals surface area contributed by atoms with Gasteiger partial charge in [-0.25, -0.2) is 0 Å². The van der Waals surface area contributed by atoms with E-state index in [-0.39, 0.29) is 6.10 Å². The second-order valence-electron chi connectivity index (χ2n) is 3.84. The first-order valence-electron chi connectivity index (χ1n) is 4.82. The topological polar surface area (TPSA) is 61.0 Å². The van der Waals surface area contributed by atoms with Gasteiger partial charge in [-0.2, -0.15) is 4.98 Å². The van der Waals surface area contributed by atoms with Gasteiger partial charge in [0.25, 0.3) is 0 Å². The Kier molecular flexibility index (Phi) is 3.68. The van der Waals surface area contributed by atoms with E-state index in [4.69, 9.17) is 10.5 Å². The van der Waals surface area contributed by atoms with E-state index in [1.54, 1.807) is 6.20 Å². The van der Waals surface area contributed by atoms with Crippen molar-refractivity contribution in [2.75, 3.05) is 5.73 Å². The highest BCUT2D eigenvalue weighted by atomic mass is 16.5. The maximum Gasteiger partial charge on any atom is 0.234 e. The molecule has 1 unspecified atom stereocenters. The Morgan fingerprint density at radius 1 is 1.36 bits per heavy atom. The molecule has 0 saturated carbocycles. The highest BCUT2D eigenvalue weighted by molar-refractivity contribution is 5.26. The number of aromatic nitrogens is 2. The third-order valence-electron chi connectivity index (χ3n) is 1.76. The van der Waals surface area contributed by atoms with E-state index >= 15 is 0 Å². The molecular weight excluding hydrogens is 178 g/mol. The van der Waals surface area contributed by atoms with E-state index in [1.165, 1.54) is 6.20 Å². The van der Waals surface area contributed by atoms with Crippen LogP contribution >= 0.6 is 0 Å². The van der Waals surface area contributed by atoms with Crippen molar-refractivity contribution < 1.29 is 4.74 Å². The molecule has 4 nitrogen and oxygen atoms in total. The Morgan fingerprint density at radius 3 is 2.64 bits per heavy atom. The number of hydrogen-bond donors (Lipinski definition) is 1. The molecule has 78 valence electrons. The molecule has 0 saturated heterocycles. The third kappa shape index (κ3) is 3.60. The van der Waals surface area contributed by atoms with Crippen molar-refractivity contribution in [3.05, 3.63) is 12.4 Å². The van der Waals surface area contributed by atoms with E-state index in [0.29, 0.717) is 17.6 Å². The fourth-order valence-electron chi connectivity index (χ4n) is 1.34. The van der Waals surface area contributed by atoms with Crippen LogP contribution in [0, 0.1) is 5.92 Å². The lowest BCUT2D eigenvalue weighted by Gasteiger charge is -2.15. The Labute approximate surface area is 84.5 Å². The zero-order chi connectivity index (χ0) is 10.6. The minimum absolute atomic E-state index is 0.145. The molecular formula is C10H17N3O. The zero-order valence-corrected chi connectivity index (χ0v) is 8.90. The van der Waals surface area contributed by atoms with Crippen LogP contribution in [0.15, 0.2) is 12.4 Å². The van der Waals surface area contributed by atoms with Crippen molar-refractivity contribution in [3.8, 4) is 5.88 Å². The van der Waals surface area contributed by atoms with Crippen LogP contribution in [0.25, 0.3) is 0 Å². The third-order valence-corrected chi connectivity index (χ3v) is 1.76. The molecule has 0 radical (unpaired) electrons. The predicted molar refractivity (Wildman–Crippen MR) is 56.0 cm³/mol. The van der Waals surface area contributed by atoms with E-state index in [0.717, 1.165) is 6.42 Å². The second kappa shape index (κ2) is 4.79. The van der Waals surface area contributed by atoms with Crippen LogP contribution in [-0.4, -0.2) is 16.1 Å². The van der Waals surface area contributed by atoms with Gasteiger partial charge >= 0.3 is 0 Å². The van der Waals surface area contributed by atoms with Gasteiger partial charge in [-0.15, -0.1) is 0 Å². The smallest absolute Gasteiger partial charge is 0.234 e. The quantitative estimate of drug-likeness (QED) is 0.796. The summed E-state index contributed by atoms with van der Waals surface area (Å²) in [6.07, 6.45) is 4.22. The molecule has 0 spiro atoms. The molecule has 0 aromatic carbocycles. The van der Waals surface area contributed by atoms with Gasteiger partial charge in [0.2, 0.25) is 5.88 Å². The summed E-state index contributed by atoms with van der Waals surface area (Å²) in [7, 11) is 0. The lowest BCUT2D eigenvalue weighted by molar-refractivity contribution is 0.185. The van der Waals surface area contributed by atoms with Gasteiger partial charge in [-0.1, -0.05) is 13.8 Å². The van der Waals surface area contributed by atoms with Crippen molar-refractivity contribution in [2.24, 2.45) is 5.92 Å². The molecule has 0 aliphatic heterocycles. The fraction of sp³-hybridized carbons (Fsp3) is 0.600. The first-order chi connectivity index (χ1) is 6.58. The summed E-state index contributed by atoms with van der Waals surface area (Å²) in [5.74, 6) is 1.50. The van der Waals surface area contributed by atoms with Gasteiger partial charge in [0, 0.05) is 0 Å². The highest BCUT2D eigenvalue weighted by Gasteiger charge is 2.07. The van der Waals surface area contributed by atoms with Crippen LogP contribution < -0.4 is 10.5 Å². The normalized spacial score (nSPS) is 12.9. The summed E-state index contributed by atoms with van der Waals surface area (Å²) in [5, 5.41) is 0. The molecule has 1 aromatic heterocycles. The summed E-state index contributed by atoms with van der Waals surface area (Å²) >= 11 is 0. The molecule has 1 heterocycles. The lowest BCUT2D eigenvalue weighted by Crippen LogP contribution is -2.15. The molecule has 0 fully saturated rings. The number of anilines is 1. The molecule has 1 aromatic rings. The number of rotatable bonds is 4. The van der Waals surface area contributed by atoms with Crippen molar-refractivity contribution in [1.82, 2.24) is 9.97 Å². The summed E-state index contributed by atoms with van der Waals surface area (Å²) in [4.78, 5) is 7.92. The summed E-state index contributed by atoms with van der Waals surface area (Å²) in [6.45, 7) is 6.33. The fourth-order valence-corrected chi connectivity index (χ4v) is 1.34. The molecule has 0 bridgehead atoms. The van der Waals surface area contributed by atoms with E-state index < -0.39 is 0 Å². The summed E-state index contributed by atoms with van der Waals surface area (Å²) < 4.78 is 5.55. The molecule has 1 atom stereocenters. The number of ether oxygens (including phenoxy) is 1. The number of nitrogens with zero attached hydrogens (tertiary/aromatic N) is 2. The summed E-state index contributed by atoms with van der Waals surface area (Å²) in [6, 6.07) is 0. The van der Waals surface area contributed by atoms with Crippen LogP contribution in [0.2, 0.25) is 0 Å². The Bertz CT molecular complexity index is 288. The molecule has 0 aliphatic carbocycles. The zero-order valence-electron chi connectivity index (χ0n) is 8.90. The average molecular weight is 195 g/mol. The predicted octanol–water partition coefficient (Wildman–Crippen LogP) is 1.87. The van der Waals surface area contributed by atoms with E-state index in [1.807, 2.05) is 6.92 Å². The largest absolute Gasteiger partial charge is 0.473 e. The first-order valence-corrected chi connectivity index (χ1v) is 4.82. The minimum atomic E-state index is 0.145. The van der Waals surface area contributed by atoms with E-state index in [2.05, 4.69) is 23.8 Å². The average Bonchev–Trinajstić information content (AvgIpc) is 2.01. The van der Waals surface area contributed by atoms with Crippen LogP contribution in [0.5, 0.6) is 5.88 Å². The van der Waals surface area contributed by atoms with Gasteiger partial charge in [-0.3, -0.25) is 4.98 Å². The highest BCUT2D eigenvalue weighted by Crippen LogP contribution is 2.12. The minimum Gasteiger partial charge on any atom is -0.473 e. The molecule has 4 heteroatoms. The van der Waals surface area contributed by atoms with Crippen LogP contribution in [0.1, 0.15) is 27.2 Å². The van der Waals surface area contributed by atoms with Crippen molar-refractivity contribution in [2.45, 2.75) is 33.3 Å². The monoisotopic (exact) mass is 195 g/mol.